The molecule has 0 saturated heterocycles. The molecule has 0 atom stereocenters. The molecular formula is C29H27NO6. The number of esters is 1. The van der Waals surface area contributed by atoms with E-state index in [1.54, 1.807) is 31.4 Å². The van der Waals surface area contributed by atoms with Crippen LogP contribution in [0.5, 0.6) is 5.75 Å². The van der Waals surface area contributed by atoms with E-state index in [2.05, 4.69) is 17.4 Å². The smallest absolute Gasteiger partial charge is 0.349 e. The maximum absolute atomic E-state index is 13.0. The first-order valence-corrected chi connectivity index (χ1v) is 11.7. The molecule has 0 unspecified atom stereocenters. The molecule has 7 heteroatoms. The number of rotatable bonds is 10. The third-order valence-electron chi connectivity index (χ3n) is 5.74. The van der Waals surface area contributed by atoms with E-state index >= 15 is 0 Å². The van der Waals surface area contributed by atoms with Gasteiger partial charge in [-0.25, -0.2) is 9.59 Å². The van der Waals surface area contributed by atoms with Crippen molar-refractivity contribution in [2.45, 2.75) is 19.3 Å². The van der Waals surface area contributed by atoms with Gasteiger partial charge in [0.15, 0.2) is 0 Å². The summed E-state index contributed by atoms with van der Waals surface area (Å²) in [5.74, 6) is -0.762. The second-order valence-electron chi connectivity index (χ2n) is 8.28. The molecule has 1 N–H and O–H groups in total. The van der Waals surface area contributed by atoms with Crippen molar-refractivity contribution in [1.82, 2.24) is 5.32 Å². The summed E-state index contributed by atoms with van der Waals surface area (Å²) in [6, 6.07) is 23.6. The van der Waals surface area contributed by atoms with Gasteiger partial charge in [0.1, 0.15) is 16.9 Å². The number of fused-ring (bicyclic) bond motifs is 1. The average Bonchev–Trinajstić information content (AvgIpc) is 2.90. The zero-order valence-electron chi connectivity index (χ0n) is 20.0. The first-order valence-electron chi connectivity index (χ1n) is 11.7. The Morgan fingerprint density at radius 2 is 1.67 bits per heavy atom. The Balaban J connectivity index is 1.47. The van der Waals surface area contributed by atoms with Crippen molar-refractivity contribution in [3.8, 4) is 5.75 Å². The standard InChI is InChI=1S/C29H27NO6/c1-34-17-7-16-30-27(31)25-18-22-14-15-23(19-26(22)36-29(25)33)35-28(32)24-11-6-5-10-21(24)13-12-20-8-3-2-4-9-20/h2-6,8-11,14-15,18-19H,7,12-13,16-17H2,1H3,(H,30,31). The van der Waals surface area contributed by atoms with Crippen LogP contribution < -0.4 is 15.7 Å². The number of carbonyl (C=O) groups is 2. The third-order valence-corrected chi connectivity index (χ3v) is 5.74. The minimum atomic E-state index is -0.763. The monoisotopic (exact) mass is 485 g/mol. The number of hydrogen-bond donors (Lipinski definition) is 1. The van der Waals surface area contributed by atoms with Crippen LogP contribution >= 0.6 is 0 Å². The Kier molecular flexibility index (Phi) is 8.26. The molecule has 0 fully saturated rings. The highest BCUT2D eigenvalue weighted by molar-refractivity contribution is 5.97. The van der Waals surface area contributed by atoms with Crippen molar-refractivity contribution in [3.05, 3.63) is 112 Å². The normalized spacial score (nSPS) is 10.8. The SMILES string of the molecule is COCCCNC(=O)c1cc2ccc(OC(=O)c3ccccc3CCc3ccccc3)cc2oc1=O. The van der Waals surface area contributed by atoms with Crippen LogP contribution in [0.4, 0.5) is 0 Å². The fourth-order valence-electron chi connectivity index (χ4n) is 3.85. The van der Waals surface area contributed by atoms with Crippen molar-refractivity contribution < 1.29 is 23.5 Å². The van der Waals surface area contributed by atoms with Gasteiger partial charge in [-0.05, 0) is 54.7 Å². The van der Waals surface area contributed by atoms with E-state index in [1.807, 2.05) is 30.3 Å². The van der Waals surface area contributed by atoms with Crippen molar-refractivity contribution in [1.29, 1.82) is 0 Å². The van der Waals surface area contributed by atoms with E-state index < -0.39 is 17.5 Å². The predicted octanol–water partition coefficient (Wildman–Crippen LogP) is 4.56. The molecule has 0 spiro atoms. The predicted molar refractivity (Wildman–Crippen MR) is 137 cm³/mol. The van der Waals surface area contributed by atoms with Crippen LogP contribution in [0.25, 0.3) is 11.0 Å². The number of nitrogens with one attached hydrogen (secondary N) is 1. The Labute approximate surface area is 208 Å². The fraction of sp³-hybridized carbons (Fsp3) is 0.207. The number of hydrogen-bond acceptors (Lipinski definition) is 6. The molecule has 184 valence electrons. The zero-order chi connectivity index (χ0) is 25.3. The highest BCUT2D eigenvalue weighted by Gasteiger charge is 2.16. The lowest BCUT2D eigenvalue weighted by Crippen LogP contribution is -2.29. The van der Waals surface area contributed by atoms with E-state index in [4.69, 9.17) is 13.9 Å². The minimum Gasteiger partial charge on any atom is -0.423 e. The molecule has 7 nitrogen and oxygen atoms in total. The van der Waals surface area contributed by atoms with Gasteiger partial charge in [0.25, 0.3) is 5.91 Å². The highest BCUT2D eigenvalue weighted by Crippen LogP contribution is 2.22. The largest absolute Gasteiger partial charge is 0.423 e. The molecule has 1 amide bonds. The second kappa shape index (κ2) is 12.0. The summed E-state index contributed by atoms with van der Waals surface area (Å²) < 4.78 is 15.9. The summed E-state index contributed by atoms with van der Waals surface area (Å²) in [7, 11) is 1.58. The molecule has 4 rings (SSSR count). The molecule has 1 heterocycles. The molecule has 0 aliphatic heterocycles. The van der Waals surface area contributed by atoms with E-state index in [0.29, 0.717) is 36.9 Å². The first kappa shape index (κ1) is 24.9. The zero-order valence-corrected chi connectivity index (χ0v) is 20.0. The van der Waals surface area contributed by atoms with Crippen LogP contribution in [0.1, 0.15) is 38.3 Å². The molecule has 1 aromatic heterocycles. The number of carbonyl (C=O) groups excluding carboxylic acids is 2. The Bertz CT molecular complexity index is 1410. The molecular weight excluding hydrogens is 458 g/mol. The van der Waals surface area contributed by atoms with Gasteiger partial charge in [-0.2, -0.15) is 0 Å². The van der Waals surface area contributed by atoms with Crippen molar-refractivity contribution >= 4 is 22.8 Å². The molecule has 0 aliphatic rings. The van der Waals surface area contributed by atoms with Gasteiger partial charge in [-0.3, -0.25) is 4.79 Å². The van der Waals surface area contributed by atoms with Crippen LogP contribution in [0.15, 0.2) is 88.1 Å². The van der Waals surface area contributed by atoms with Gasteiger partial charge in [0, 0.05) is 31.7 Å². The number of ether oxygens (including phenoxy) is 2. The summed E-state index contributed by atoms with van der Waals surface area (Å²) in [4.78, 5) is 37.7. The van der Waals surface area contributed by atoms with E-state index in [0.717, 1.165) is 12.0 Å². The Hall–Kier alpha value is -4.23. The lowest BCUT2D eigenvalue weighted by molar-refractivity contribution is 0.0733. The van der Waals surface area contributed by atoms with Crippen LogP contribution in [-0.2, 0) is 17.6 Å². The van der Waals surface area contributed by atoms with Crippen LogP contribution in [0.2, 0.25) is 0 Å². The van der Waals surface area contributed by atoms with Crippen LogP contribution in [0, 0.1) is 0 Å². The van der Waals surface area contributed by atoms with E-state index in [9.17, 15) is 14.4 Å². The molecule has 3 aromatic carbocycles. The van der Waals surface area contributed by atoms with Crippen LogP contribution in [-0.4, -0.2) is 32.1 Å². The van der Waals surface area contributed by atoms with Gasteiger partial charge >= 0.3 is 11.6 Å². The maximum Gasteiger partial charge on any atom is 0.349 e. The summed E-state index contributed by atoms with van der Waals surface area (Å²) >= 11 is 0. The average molecular weight is 486 g/mol. The highest BCUT2D eigenvalue weighted by atomic mass is 16.5. The van der Waals surface area contributed by atoms with Gasteiger partial charge in [-0.1, -0.05) is 48.5 Å². The molecule has 4 aromatic rings. The van der Waals surface area contributed by atoms with Crippen LogP contribution in [0.3, 0.4) is 0 Å². The Morgan fingerprint density at radius 3 is 2.47 bits per heavy atom. The molecule has 0 radical (unpaired) electrons. The minimum absolute atomic E-state index is 0.0861. The third kappa shape index (κ3) is 6.25. The summed E-state index contributed by atoms with van der Waals surface area (Å²) in [6.07, 6.45) is 2.12. The van der Waals surface area contributed by atoms with Gasteiger partial charge in [0.05, 0.1) is 5.56 Å². The lowest BCUT2D eigenvalue weighted by Gasteiger charge is -2.10. The Morgan fingerprint density at radius 1 is 0.889 bits per heavy atom. The molecule has 0 aliphatic carbocycles. The van der Waals surface area contributed by atoms with Gasteiger partial charge in [0.2, 0.25) is 0 Å². The lowest BCUT2D eigenvalue weighted by atomic mass is 10.00. The first-order chi connectivity index (χ1) is 17.5. The summed E-state index contributed by atoms with van der Waals surface area (Å²) in [5.41, 5.74) is 1.93. The topological polar surface area (TPSA) is 94.8 Å². The van der Waals surface area contributed by atoms with Crippen molar-refractivity contribution in [2.24, 2.45) is 0 Å². The molecule has 36 heavy (non-hydrogen) atoms. The summed E-state index contributed by atoms with van der Waals surface area (Å²) in [6.45, 7) is 0.886. The number of methoxy groups -OCH3 is 1. The maximum atomic E-state index is 13.0. The number of amides is 1. The molecule has 0 bridgehead atoms. The summed E-state index contributed by atoms with van der Waals surface area (Å²) in [5, 5.41) is 3.21. The quantitative estimate of drug-likeness (QED) is 0.153. The van der Waals surface area contributed by atoms with Gasteiger partial charge in [-0.15, -0.1) is 0 Å². The van der Waals surface area contributed by atoms with Crippen molar-refractivity contribution in [3.63, 3.8) is 0 Å². The van der Waals surface area contributed by atoms with E-state index in [-0.39, 0.29) is 16.9 Å². The molecule has 0 saturated carbocycles. The number of aryl methyl sites for hydroxylation is 2. The van der Waals surface area contributed by atoms with Gasteiger partial charge < -0.3 is 19.2 Å². The fourth-order valence-corrected chi connectivity index (χ4v) is 3.85. The second-order valence-corrected chi connectivity index (χ2v) is 8.28. The number of benzene rings is 3. The van der Waals surface area contributed by atoms with E-state index in [1.165, 1.54) is 17.7 Å². The van der Waals surface area contributed by atoms with Crippen molar-refractivity contribution in [2.75, 3.05) is 20.3 Å².